The highest BCUT2D eigenvalue weighted by atomic mass is 32.1. The minimum absolute atomic E-state index is 0.232. The summed E-state index contributed by atoms with van der Waals surface area (Å²) in [7, 11) is 0. The summed E-state index contributed by atoms with van der Waals surface area (Å²) in [6, 6.07) is 1.19. The summed E-state index contributed by atoms with van der Waals surface area (Å²) in [6.07, 6.45) is 5.66. The number of aromatic nitrogens is 1. The minimum Gasteiger partial charge on any atom is -0.341 e. The molecule has 6 heteroatoms. The number of nitrogens with zero attached hydrogens (tertiary/aromatic N) is 3. The van der Waals surface area contributed by atoms with Crippen LogP contribution in [0.15, 0.2) is 5.38 Å². The number of hydrogen-bond donors (Lipinski definition) is 1. The highest BCUT2D eigenvalue weighted by Crippen LogP contribution is 2.25. The van der Waals surface area contributed by atoms with Crippen LogP contribution in [0.25, 0.3) is 0 Å². The van der Waals surface area contributed by atoms with Crippen LogP contribution in [0.2, 0.25) is 0 Å². The van der Waals surface area contributed by atoms with Crippen LogP contribution in [0.3, 0.4) is 0 Å². The fraction of sp³-hybridized carbons (Fsp3) is 0.778. The van der Waals surface area contributed by atoms with Gasteiger partial charge in [0.2, 0.25) is 5.91 Å². The van der Waals surface area contributed by atoms with Crippen molar-refractivity contribution in [3.05, 3.63) is 16.1 Å². The number of amides is 1. The molecule has 1 amide bonds. The normalized spacial score (nSPS) is 29.0. The number of rotatable bonds is 3. The molecule has 0 aromatic carbocycles. The Balaban J connectivity index is 1.28. The Morgan fingerprint density at radius 1 is 1.21 bits per heavy atom. The first-order valence-electron chi connectivity index (χ1n) is 9.35. The Morgan fingerprint density at radius 3 is 2.75 bits per heavy atom. The molecule has 3 fully saturated rings. The molecule has 1 aromatic rings. The third-order valence-electron chi connectivity index (χ3n) is 5.82. The molecule has 2 atom stereocenters. The van der Waals surface area contributed by atoms with E-state index in [2.05, 4.69) is 32.4 Å². The lowest BCUT2D eigenvalue weighted by molar-refractivity contribution is -0.137. The average Bonchev–Trinajstić information content (AvgIpc) is 3.13. The highest BCUT2D eigenvalue weighted by Gasteiger charge is 2.34. The van der Waals surface area contributed by atoms with Crippen molar-refractivity contribution in [1.29, 1.82) is 0 Å². The summed E-state index contributed by atoms with van der Waals surface area (Å²) in [4.78, 5) is 22.1. The standard InChI is InChI=1S/C18H28N4OS/c1-13-19-17(12-24-13)10-21-7-4-14(5-8-21)18(23)22-9-6-15-2-3-16(11-22)20-15/h12,14-16,20H,2-11H2,1H3. The Kier molecular flexibility index (Phi) is 4.88. The van der Waals surface area contributed by atoms with Crippen molar-refractivity contribution in [3.63, 3.8) is 0 Å². The summed E-state index contributed by atoms with van der Waals surface area (Å²) in [6.45, 7) is 6.90. The van der Waals surface area contributed by atoms with Gasteiger partial charge >= 0.3 is 0 Å². The zero-order valence-electron chi connectivity index (χ0n) is 14.5. The SMILES string of the molecule is Cc1nc(CN2CCC(C(=O)N3CCC4CCC(C3)N4)CC2)cs1. The lowest BCUT2D eigenvalue weighted by Gasteiger charge is -2.34. The van der Waals surface area contributed by atoms with Crippen molar-refractivity contribution in [3.8, 4) is 0 Å². The Morgan fingerprint density at radius 2 is 2.00 bits per heavy atom. The van der Waals surface area contributed by atoms with Crippen LogP contribution >= 0.6 is 11.3 Å². The largest absolute Gasteiger partial charge is 0.341 e. The van der Waals surface area contributed by atoms with Gasteiger partial charge in [-0.2, -0.15) is 0 Å². The molecule has 1 N–H and O–H groups in total. The highest BCUT2D eigenvalue weighted by molar-refractivity contribution is 7.09. The molecular formula is C18H28N4OS. The third kappa shape index (κ3) is 3.65. The molecular weight excluding hydrogens is 320 g/mol. The van der Waals surface area contributed by atoms with E-state index in [1.165, 1.54) is 18.5 Å². The molecule has 132 valence electrons. The molecule has 5 nitrogen and oxygen atoms in total. The van der Waals surface area contributed by atoms with Gasteiger partial charge in [0.1, 0.15) is 0 Å². The lowest BCUT2D eigenvalue weighted by atomic mass is 9.94. The van der Waals surface area contributed by atoms with E-state index < -0.39 is 0 Å². The fourth-order valence-electron chi connectivity index (χ4n) is 4.45. The van der Waals surface area contributed by atoms with Crippen LogP contribution in [0.4, 0.5) is 0 Å². The van der Waals surface area contributed by atoms with E-state index in [0.29, 0.717) is 18.0 Å². The van der Waals surface area contributed by atoms with Gasteiger partial charge in [-0.1, -0.05) is 0 Å². The predicted octanol–water partition coefficient (Wildman–Crippen LogP) is 2.02. The predicted molar refractivity (Wildman–Crippen MR) is 96.0 cm³/mol. The molecule has 2 unspecified atom stereocenters. The number of likely N-dealkylation sites (tertiary alicyclic amines) is 2. The second-order valence-corrected chi connectivity index (χ2v) is 8.68. The lowest BCUT2D eigenvalue weighted by Crippen LogP contribution is -2.45. The van der Waals surface area contributed by atoms with Crippen LogP contribution in [-0.4, -0.2) is 59.0 Å². The molecule has 0 radical (unpaired) electrons. The molecule has 3 aliphatic heterocycles. The first-order valence-corrected chi connectivity index (χ1v) is 10.2. The smallest absolute Gasteiger partial charge is 0.225 e. The number of hydrogen-bond acceptors (Lipinski definition) is 5. The summed E-state index contributed by atoms with van der Waals surface area (Å²) in [5, 5.41) is 6.97. The van der Waals surface area contributed by atoms with E-state index in [9.17, 15) is 4.79 Å². The molecule has 24 heavy (non-hydrogen) atoms. The van der Waals surface area contributed by atoms with Gasteiger partial charge in [0.05, 0.1) is 10.7 Å². The fourth-order valence-corrected chi connectivity index (χ4v) is 5.05. The van der Waals surface area contributed by atoms with Gasteiger partial charge in [0.25, 0.3) is 0 Å². The first kappa shape index (κ1) is 16.5. The van der Waals surface area contributed by atoms with E-state index in [1.807, 2.05) is 0 Å². The third-order valence-corrected chi connectivity index (χ3v) is 6.65. The van der Waals surface area contributed by atoms with Gasteiger partial charge in [0.15, 0.2) is 0 Å². The van der Waals surface area contributed by atoms with Crippen LogP contribution in [0, 0.1) is 12.8 Å². The van der Waals surface area contributed by atoms with Crippen molar-refractivity contribution < 1.29 is 4.79 Å². The maximum Gasteiger partial charge on any atom is 0.225 e. The molecule has 2 bridgehead atoms. The Hall–Kier alpha value is -0.980. The maximum atomic E-state index is 12.9. The maximum absolute atomic E-state index is 12.9. The summed E-state index contributed by atoms with van der Waals surface area (Å²) in [5.74, 6) is 0.642. The van der Waals surface area contributed by atoms with Gasteiger partial charge in [-0.15, -0.1) is 11.3 Å². The second kappa shape index (κ2) is 7.10. The van der Waals surface area contributed by atoms with Gasteiger partial charge in [0, 0.05) is 43.0 Å². The van der Waals surface area contributed by atoms with Crippen molar-refractivity contribution in [1.82, 2.24) is 20.1 Å². The van der Waals surface area contributed by atoms with Crippen LogP contribution in [-0.2, 0) is 11.3 Å². The van der Waals surface area contributed by atoms with Gasteiger partial charge in [-0.3, -0.25) is 9.69 Å². The molecule has 0 aliphatic carbocycles. The molecule has 4 heterocycles. The Labute approximate surface area is 148 Å². The van der Waals surface area contributed by atoms with Crippen molar-refractivity contribution >= 4 is 17.2 Å². The van der Waals surface area contributed by atoms with E-state index in [4.69, 9.17) is 0 Å². The van der Waals surface area contributed by atoms with E-state index in [0.717, 1.165) is 57.0 Å². The summed E-state index contributed by atoms with van der Waals surface area (Å²) >= 11 is 1.72. The number of carbonyl (C=O) groups excluding carboxylic acids is 1. The topological polar surface area (TPSA) is 48.5 Å². The van der Waals surface area contributed by atoms with Crippen molar-refractivity contribution in [2.24, 2.45) is 5.92 Å². The average molecular weight is 349 g/mol. The first-order chi connectivity index (χ1) is 11.7. The van der Waals surface area contributed by atoms with Gasteiger partial charge in [-0.25, -0.2) is 4.98 Å². The molecule has 0 spiro atoms. The van der Waals surface area contributed by atoms with E-state index in [1.54, 1.807) is 11.3 Å². The molecule has 1 aromatic heterocycles. The van der Waals surface area contributed by atoms with E-state index >= 15 is 0 Å². The second-order valence-electron chi connectivity index (χ2n) is 7.62. The number of thiazole rings is 1. The molecule has 4 rings (SSSR count). The van der Waals surface area contributed by atoms with Gasteiger partial charge < -0.3 is 10.2 Å². The van der Waals surface area contributed by atoms with E-state index in [-0.39, 0.29) is 5.92 Å². The van der Waals surface area contributed by atoms with Crippen LogP contribution in [0.5, 0.6) is 0 Å². The van der Waals surface area contributed by atoms with Crippen LogP contribution < -0.4 is 5.32 Å². The minimum atomic E-state index is 0.232. The molecule has 3 aliphatic rings. The summed E-state index contributed by atoms with van der Waals surface area (Å²) < 4.78 is 0. The molecule has 3 saturated heterocycles. The molecule has 0 saturated carbocycles. The summed E-state index contributed by atoms with van der Waals surface area (Å²) in [5.41, 5.74) is 1.18. The van der Waals surface area contributed by atoms with Crippen molar-refractivity contribution in [2.45, 2.75) is 57.7 Å². The number of nitrogens with one attached hydrogen (secondary N) is 1. The monoisotopic (exact) mass is 348 g/mol. The van der Waals surface area contributed by atoms with Gasteiger partial charge in [-0.05, 0) is 52.1 Å². The zero-order valence-corrected chi connectivity index (χ0v) is 15.4. The quantitative estimate of drug-likeness (QED) is 0.908. The number of aryl methyl sites for hydroxylation is 1. The van der Waals surface area contributed by atoms with Crippen LogP contribution in [0.1, 0.15) is 42.8 Å². The number of fused-ring (bicyclic) bond motifs is 2. The number of carbonyl (C=O) groups is 1. The number of piperidine rings is 1. The zero-order chi connectivity index (χ0) is 16.5. The Bertz CT molecular complexity index is 581. The van der Waals surface area contributed by atoms with Crippen molar-refractivity contribution in [2.75, 3.05) is 26.2 Å².